The molecule has 4 aliphatic rings. The van der Waals surface area contributed by atoms with E-state index in [1.54, 1.807) is 0 Å². The van der Waals surface area contributed by atoms with E-state index < -0.39 is 0 Å². The number of hydrogen-bond donors (Lipinski definition) is 0. The first-order valence-electron chi connectivity index (χ1n) is 38.4. The summed E-state index contributed by atoms with van der Waals surface area (Å²) in [5.41, 5.74) is 35.4. The van der Waals surface area contributed by atoms with Gasteiger partial charge in [-0.1, -0.05) is 279 Å². The van der Waals surface area contributed by atoms with Crippen molar-refractivity contribution < 1.29 is 4.42 Å². The summed E-state index contributed by atoms with van der Waals surface area (Å²) in [6, 6.07) is 145. The van der Waals surface area contributed by atoms with Gasteiger partial charge in [-0.15, -0.1) is 0 Å². The number of benzene rings is 17. The summed E-state index contributed by atoms with van der Waals surface area (Å²) in [6.45, 7) is -0.579. The molecule has 0 N–H and O–H groups in total. The molecule has 24 rings (SSSR count). The highest BCUT2D eigenvalue weighted by molar-refractivity contribution is 7.03. The third-order valence-corrected chi connectivity index (χ3v) is 24.0. The molecule has 7 nitrogen and oxygen atoms in total. The van der Waals surface area contributed by atoms with Crippen LogP contribution in [0.5, 0.6) is 0 Å². The topological polar surface area (TPSA) is 36.0 Å². The van der Waals surface area contributed by atoms with E-state index in [2.05, 4.69) is 417 Å². The number of nitrogens with zero attached hydrogens (tertiary/aromatic N) is 6. The number of hydrogen-bond acceptors (Lipinski definition) is 5. The largest absolute Gasteiger partial charge is 0.454 e. The van der Waals surface area contributed by atoms with E-state index in [0.717, 1.165) is 157 Å². The molecule has 20 aromatic rings. The van der Waals surface area contributed by atoms with Crippen molar-refractivity contribution in [3.63, 3.8) is 0 Å². The van der Waals surface area contributed by atoms with E-state index in [1.807, 2.05) is 0 Å². The van der Waals surface area contributed by atoms with Crippen LogP contribution < -0.4 is 52.4 Å². The molecular weight excluding hydrogens is 1350 g/mol. The molecule has 0 unspecified atom stereocenters. The van der Waals surface area contributed by atoms with Gasteiger partial charge in [0.05, 0.1) is 39.1 Å². The molecule has 514 valence electrons. The summed E-state index contributed by atoms with van der Waals surface area (Å²) in [7, 11) is 0. The van der Waals surface area contributed by atoms with E-state index in [1.165, 1.54) is 54.3 Å². The Morgan fingerprint density at radius 1 is 0.207 bits per heavy atom. The van der Waals surface area contributed by atoms with Crippen molar-refractivity contribution in [2.75, 3.05) is 19.6 Å². The van der Waals surface area contributed by atoms with Crippen molar-refractivity contribution in [3.05, 3.63) is 388 Å². The smallest absolute Gasteiger partial charge is 0.252 e. The molecule has 9 heteroatoms. The Labute approximate surface area is 642 Å². The predicted octanol–water partition coefficient (Wildman–Crippen LogP) is 22.9. The average Bonchev–Trinajstić information content (AvgIpc) is 1.43. The Morgan fingerprint density at radius 2 is 0.604 bits per heavy atom. The monoisotopic (exact) mass is 1410 g/mol. The highest BCUT2D eigenvalue weighted by Crippen LogP contribution is 2.55. The number of rotatable bonds is 9. The van der Waals surface area contributed by atoms with E-state index in [4.69, 9.17) is 4.42 Å². The summed E-state index contributed by atoms with van der Waals surface area (Å²) in [4.78, 5) is 10.4. The Morgan fingerprint density at radius 3 is 1.17 bits per heavy atom. The van der Waals surface area contributed by atoms with Crippen LogP contribution in [0.4, 0.5) is 68.2 Å². The Kier molecular flexibility index (Phi) is 13.3. The van der Waals surface area contributed by atoms with Crippen LogP contribution in [0.15, 0.2) is 393 Å². The third-order valence-electron chi connectivity index (χ3n) is 24.0. The highest BCUT2D eigenvalue weighted by Gasteiger charge is 2.50. The second-order valence-corrected chi connectivity index (χ2v) is 29.8. The quantitative estimate of drug-likeness (QED) is 0.135. The second kappa shape index (κ2) is 24.0. The number of fused-ring (bicyclic) bond motifs is 17. The van der Waals surface area contributed by atoms with Gasteiger partial charge in [0.2, 0.25) is 0 Å². The fourth-order valence-electron chi connectivity index (χ4n) is 19.5. The fourth-order valence-corrected chi connectivity index (χ4v) is 19.5. The first-order chi connectivity index (χ1) is 55.1. The van der Waals surface area contributed by atoms with Crippen molar-refractivity contribution in [3.8, 4) is 44.8 Å². The number of anilines is 12. The molecule has 0 atom stereocenters. The number of aromatic nitrogens is 2. The van der Waals surface area contributed by atoms with Gasteiger partial charge in [0, 0.05) is 106 Å². The van der Waals surface area contributed by atoms with Crippen LogP contribution in [0, 0.1) is 0 Å². The third kappa shape index (κ3) is 9.00. The lowest BCUT2D eigenvalue weighted by atomic mass is 9.30. The molecule has 4 aliphatic heterocycles. The van der Waals surface area contributed by atoms with Gasteiger partial charge in [0.15, 0.2) is 5.58 Å². The van der Waals surface area contributed by atoms with Gasteiger partial charge >= 0.3 is 0 Å². The summed E-state index contributed by atoms with van der Waals surface area (Å²) in [5.74, 6) is 0. The zero-order valence-corrected chi connectivity index (χ0v) is 60.2. The predicted molar refractivity (Wildman–Crippen MR) is 467 cm³/mol. The minimum Gasteiger partial charge on any atom is -0.454 e. The molecule has 0 radical (unpaired) electrons. The molecule has 0 amide bonds. The first kappa shape index (κ1) is 61.6. The minimum absolute atomic E-state index is 0.257. The number of para-hydroxylation sites is 10. The van der Waals surface area contributed by atoms with Crippen LogP contribution in [0.3, 0.4) is 0 Å². The Balaban J connectivity index is 0.869. The normalized spacial score (nSPS) is 13.1. The average molecular weight is 1410 g/mol. The molecule has 0 aliphatic carbocycles. The zero-order valence-electron chi connectivity index (χ0n) is 60.2. The molecule has 111 heavy (non-hydrogen) atoms. The van der Waals surface area contributed by atoms with Crippen LogP contribution in [0.2, 0.25) is 0 Å². The van der Waals surface area contributed by atoms with Gasteiger partial charge in [-0.05, 0) is 164 Å². The van der Waals surface area contributed by atoms with Gasteiger partial charge in [0.1, 0.15) is 5.58 Å². The Hall–Kier alpha value is -14.5. The second-order valence-electron chi connectivity index (χ2n) is 29.8. The molecule has 0 saturated heterocycles. The van der Waals surface area contributed by atoms with Crippen LogP contribution in [-0.4, -0.2) is 22.6 Å². The standard InChI is InChI=1S/C102H64B2N6O/c1-6-30-65(31-7-1)68-58-94-99-95(59-68)109(90-54-29-47-80-79-44-20-27-55-98(79)111-102(80)90)89-53-26-21-48-81(89)103(99)83-63-84-93(64-92(83)106(94)70-38-14-5-15-39-70)110(101-73(66-32-8-2-9-33-66)45-28-46-74(101)67-34-10-3-11-35-67)97-62-72(108-87-51-24-18-42-77(87)78-43-19-25-52-88(78)108)61-96-100(97)104(84)82-57-56-71(60-91(82)105(96)69-36-12-4-13-37-69)107-85-49-22-16-40-75(85)76-41-17-23-50-86(76)107/h1-64H. The molecule has 0 saturated carbocycles. The molecule has 0 fully saturated rings. The van der Waals surface area contributed by atoms with Crippen LogP contribution in [0.25, 0.3) is 110 Å². The van der Waals surface area contributed by atoms with Crippen molar-refractivity contribution in [1.82, 2.24) is 9.13 Å². The van der Waals surface area contributed by atoms with E-state index >= 15 is 0 Å². The summed E-state index contributed by atoms with van der Waals surface area (Å²) < 4.78 is 12.1. The lowest BCUT2D eigenvalue weighted by molar-refractivity contribution is 0.669. The van der Waals surface area contributed by atoms with Gasteiger partial charge in [0.25, 0.3) is 13.4 Å². The van der Waals surface area contributed by atoms with Gasteiger partial charge in [-0.2, -0.15) is 0 Å². The molecule has 3 aromatic heterocycles. The lowest BCUT2D eigenvalue weighted by Gasteiger charge is -2.48. The van der Waals surface area contributed by atoms with Crippen molar-refractivity contribution in [1.29, 1.82) is 0 Å². The molecule has 7 heterocycles. The minimum atomic E-state index is -0.322. The molecular formula is C102H64B2N6O. The maximum Gasteiger partial charge on any atom is 0.252 e. The zero-order chi connectivity index (χ0) is 72.5. The fraction of sp³-hybridized carbons (Fsp3) is 0. The molecule has 17 aromatic carbocycles. The van der Waals surface area contributed by atoms with Crippen molar-refractivity contribution in [2.45, 2.75) is 0 Å². The van der Waals surface area contributed by atoms with E-state index in [9.17, 15) is 0 Å². The van der Waals surface area contributed by atoms with E-state index in [-0.39, 0.29) is 13.4 Å². The Bertz CT molecular complexity index is 7090. The van der Waals surface area contributed by atoms with Crippen LogP contribution >= 0.6 is 0 Å². The van der Waals surface area contributed by atoms with Gasteiger partial charge in [-0.25, -0.2) is 0 Å². The van der Waals surface area contributed by atoms with Gasteiger partial charge < -0.3 is 33.2 Å². The SMILES string of the molecule is c1ccc(-c2cc3c4c(c2)N(c2cccc5c2oc2ccccc25)c2ccccc2B4c2cc4c(cc2N3c2ccccc2)N(c2c(-c3ccccc3)cccc2-c2ccccc2)c2cc(-n3c5ccccc5c5ccccc53)cc3c2B4c2ccc(-n4c5ccccc5c5ccccc54)cc2N3c2ccccc2)cc1. The maximum atomic E-state index is 7.11. The first-order valence-corrected chi connectivity index (χ1v) is 38.4. The van der Waals surface area contributed by atoms with Crippen LogP contribution in [0.1, 0.15) is 0 Å². The summed E-state index contributed by atoms with van der Waals surface area (Å²) in [6.07, 6.45) is 0. The molecule has 0 spiro atoms. The van der Waals surface area contributed by atoms with Gasteiger partial charge in [-0.3, -0.25) is 0 Å². The summed E-state index contributed by atoms with van der Waals surface area (Å²) >= 11 is 0. The highest BCUT2D eigenvalue weighted by atomic mass is 16.3. The summed E-state index contributed by atoms with van der Waals surface area (Å²) in [5, 5.41) is 7.01. The number of furan rings is 1. The molecule has 0 bridgehead atoms. The maximum absolute atomic E-state index is 7.11. The van der Waals surface area contributed by atoms with E-state index in [0.29, 0.717) is 0 Å². The van der Waals surface area contributed by atoms with Crippen molar-refractivity contribution >= 4 is 180 Å². The van der Waals surface area contributed by atoms with Crippen molar-refractivity contribution in [2.24, 2.45) is 0 Å². The van der Waals surface area contributed by atoms with Crippen LogP contribution in [-0.2, 0) is 0 Å². The lowest BCUT2D eigenvalue weighted by Crippen LogP contribution is -2.65.